The number of rotatable bonds is 3. The zero-order chi connectivity index (χ0) is 15.5. The molecule has 1 fully saturated rings. The van der Waals surface area contributed by atoms with E-state index in [2.05, 4.69) is 12.2 Å². The van der Waals surface area contributed by atoms with Gasteiger partial charge in [0, 0.05) is 10.5 Å². The monoisotopic (exact) mass is 320 g/mol. The molecule has 0 aromatic heterocycles. The highest BCUT2D eigenvalue weighted by molar-refractivity contribution is 8.00. The predicted molar refractivity (Wildman–Crippen MR) is 87.6 cm³/mol. The van der Waals surface area contributed by atoms with Crippen molar-refractivity contribution >= 4 is 29.3 Å². The van der Waals surface area contributed by atoms with Crippen molar-refractivity contribution in [2.45, 2.75) is 18.2 Å². The van der Waals surface area contributed by atoms with Crippen molar-refractivity contribution in [3.05, 3.63) is 23.8 Å². The van der Waals surface area contributed by atoms with Crippen LogP contribution in [0, 0.1) is 0 Å². The Balaban J connectivity index is 1.68. The summed E-state index contributed by atoms with van der Waals surface area (Å²) >= 11 is 1.52. The summed E-state index contributed by atoms with van der Waals surface area (Å²) in [5.74, 6) is 0.518. The first kappa shape index (κ1) is 15.4. The minimum absolute atomic E-state index is 0.00104. The lowest BCUT2D eigenvalue weighted by Gasteiger charge is -2.32. The third-order valence-corrected chi connectivity index (χ3v) is 5.29. The third-order valence-electron chi connectivity index (χ3n) is 4.22. The smallest absolute Gasteiger partial charge is 0.254 e. The summed E-state index contributed by atoms with van der Waals surface area (Å²) in [6.07, 6.45) is 1.19. The molecule has 0 aliphatic carbocycles. The van der Waals surface area contributed by atoms with Crippen LogP contribution in [-0.2, 0) is 4.79 Å². The van der Waals surface area contributed by atoms with Crippen LogP contribution >= 0.6 is 11.8 Å². The Labute approximate surface area is 135 Å². The Hall–Kier alpha value is -1.53. The molecule has 1 aromatic rings. The van der Waals surface area contributed by atoms with E-state index < -0.39 is 0 Å². The average molecular weight is 320 g/mol. The van der Waals surface area contributed by atoms with E-state index in [1.807, 2.05) is 23.1 Å². The normalized spacial score (nSPS) is 18.8. The standard InChI is InChI=1S/C16H21N3O2S/c1-2-5-18-6-8-19(9-7-18)16(21)12-3-4-14-13(10-12)17-15(20)11-22-14/h3-4,10H,2,5-9,11H2,1H3,(H,17,20)/p+1. The molecular weight excluding hydrogens is 298 g/mol. The van der Waals surface area contributed by atoms with Gasteiger partial charge in [-0.15, -0.1) is 11.8 Å². The van der Waals surface area contributed by atoms with Gasteiger partial charge in [0.05, 0.1) is 44.2 Å². The molecule has 5 nitrogen and oxygen atoms in total. The number of quaternary nitrogens is 1. The van der Waals surface area contributed by atoms with Gasteiger partial charge in [-0.05, 0) is 24.6 Å². The van der Waals surface area contributed by atoms with E-state index in [9.17, 15) is 9.59 Å². The largest absolute Gasteiger partial charge is 0.332 e. The van der Waals surface area contributed by atoms with Crippen LogP contribution in [0.5, 0.6) is 0 Å². The van der Waals surface area contributed by atoms with Crippen molar-refractivity contribution in [3.63, 3.8) is 0 Å². The first-order chi connectivity index (χ1) is 10.7. The fourth-order valence-corrected chi connectivity index (χ4v) is 3.82. The van der Waals surface area contributed by atoms with Crippen molar-refractivity contribution in [1.82, 2.24) is 4.90 Å². The lowest BCUT2D eigenvalue weighted by atomic mass is 10.1. The minimum Gasteiger partial charge on any atom is -0.332 e. The molecule has 2 N–H and O–H groups in total. The molecule has 0 spiro atoms. The minimum atomic E-state index is -0.00104. The molecule has 0 bridgehead atoms. The second-order valence-corrected chi connectivity index (χ2v) is 6.86. The topological polar surface area (TPSA) is 53.9 Å². The molecule has 2 aliphatic heterocycles. The number of fused-ring (bicyclic) bond motifs is 1. The maximum atomic E-state index is 12.6. The van der Waals surface area contributed by atoms with Gasteiger partial charge in [-0.1, -0.05) is 6.92 Å². The summed E-state index contributed by atoms with van der Waals surface area (Å²) < 4.78 is 0. The van der Waals surface area contributed by atoms with Crippen LogP contribution in [0.4, 0.5) is 5.69 Å². The number of hydrogen-bond acceptors (Lipinski definition) is 3. The second kappa shape index (κ2) is 6.71. The molecule has 2 heterocycles. The van der Waals surface area contributed by atoms with Gasteiger partial charge in [-0.2, -0.15) is 0 Å². The van der Waals surface area contributed by atoms with Crippen LogP contribution in [0.3, 0.4) is 0 Å². The first-order valence-electron chi connectivity index (χ1n) is 7.87. The maximum Gasteiger partial charge on any atom is 0.254 e. The average Bonchev–Trinajstić information content (AvgIpc) is 2.54. The van der Waals surface area contributed by atoms with Crippen LogP contribution in [-0.4, -0.2) is 55.2 Å². The van der Waals surface area contributed by atoms with E-state index in [0.717, 1.165) is 36.8 Å². The summed E-state index contributed by atoms with van der Waals surface area (Å²) in [5, 5.41) is 2.85. The number of thioether (sulfide) groups is 1. The summed E-state index contributed by atoms with van der Waals surface area (Å²) in [7, 11) is 0. The Morgan fingerprint density at radius 2 is 2.14 bits per heavy atom. The number of nitrogens with one attached hydrogen (secondary N) is 2. The Morgan fingerprint density at radius 3 is 2.86 bits per heavy atom. The number of piperazine rings is 1. The molecule has 2 amide bonds. The molecule has 0 saturated carbocycles. The predicted octanol–water partition coefficient (Wildman–Crippen LogP) is 0.482. The van der Waals surface area contributed by atoms with E-state index in [1.165, 1.54) is 24.7 Å². The van der Waals surface area contributed by atoms with E-state index >= 15 is 0 Å². The van der Waals surface area contributed by atoms with Gasteiger partial charge in [0.2, 0.25) is 5.91 Å². The highest BCUT2D eigenvalue weighted by atomic mass is 32.2. The number of anilines is 1. The first-order valence-corrected chi connectivity index (χ1v) is 8.85. The van der Waals surface area contributed by atoms with E-state index in [4.69, 9.17) is 0 Å². The quantitative estimate of drug-likeness (QED) is 0.852. The summed E-state index contributed by atoms with van der Waals surface area (Å²) in [5.41, 5.74) is 1.43. The molecule has 0 radical (unpaired) electrons. The Kier molecular flexibility index (Phi) is 4.69. The molecule has 1 aromatic carbocycles. The molecule has 3 rings (SSSR count). The second-order valence-electron chi connectivity index (χ2n) is 5.84. The SMILES string of the molecule is CCC[NH+]1CCN(C(=O)c2ccc3c(c2)NC(=O)CS3)CC1. The molecule has 1 saturated heterocycles. The highest BCUT2D eigenvalue weighted by Gasteiger charge is 2.25. The summed E-state index contributed by atoms with van der Waals surface area (Å²) in [6, 6.07) is 5.62. The number of carbonyl (C=O) groups excluding carboxylic acids is 2. The fourth-order valence-electron chi connectivity index (χ4n) is 3.03. The van der Waals surface area contributed by atoms with Crippen molar-refractivity contribution in [1.29, 1.82) is 0 Å². The molecule has 2 aliphatic rings. The number of amides is 2. The van der Waals surface area contributed by atoms with E-state index in [1.54, 1.807) is 4.90 Å². The van der Waals surface area contributed by atoms with Gasteiger partial charge in [-0.3, -0.25) is 9.59 Å². The van der Waals surface area contributed by atoms with E-state index in [-0.39, 0.29) is 11.8 Å². The van der Waals surface area contributed by atoms with Gasteiger partial charge < -0.3 is 15.1 Å². The zero-order valence-corrected chi connectivity index (χ0v) is 13.7. The molecule has 22 heavy (non-hydrogen) atoms. The maximum absolute atomic E-state index is 12.6. The number of carbonyl (C=O) groups is 2. The van der Waals surface area contributed by atoms with Gasteiger partial charge >= 0.3 is 0 Å². The molecular formula is C16H22N3O2S+. The zero-order valence-electron chi connectivity index (χ0n) is 12.9. The molecule has 118 valence electrons. The highest BCUT2D eigenvalue weighted by Crippen LogP contribution is 2.32. The fraction of sp³-hybridized carbons (Fsp3) is 0.500. The van der Waals surface area contributed by atoms with Crippen LogP contribution < -0.4 is 10.2 Å². The van der Waals surface area contributed by atoms with E-state index in [0.29, 0.717) is 11.3 Å². The van der Waals surface area contributed by atoms with Crippen molar-refractivity contribution in [2.24, 2.45) is 0 Å². The van der Waals surface area contributed by atoms with Crippen LogP contribution in [0.2, 0.25) is 0 Å². The number of hydrogen-bond donors (Lipinski definition) is 2. The van der Waals surface area contributed by atoms with Gasteiger partial charge in [-0.25, -0.2) is 0 Å². The summed E-state index contributed by atoms with van der Waals surface area (Å²) in [6.45, 7) is 7.06. The lowest BCUT2D eigenvalue weighted by Crippen LogP contribution is -3.14. The van der Waals surface area contributed by atoms with Gasteiger partial charge in [0.25, 0.3) is 5.91 Å². The van der Waals surface area contributed by atoms with Crippen molar-refractivity contribution in [3.8, 4) is 0 Å². The van der Waals surface area contributed by atoms with Crippen LogP contribution in [0.1, 0.15) is 23.7 Å². The Morgan fingerprint density at radius 1 is 1.36 bits per heavy atom. The number of nitrogens with zero attached hydrogens (tertiary/aromatic N) is 1. The van der Waals surface area contributed by atoms with Gasteiger partial charge in [0.1, 0.15) is 0 Å². The lowest BCUT2D eigenvalue weighted by molar-refractivity contribution is -0.904. The Bertz CT molecular complexity index is 583. The third kappa shape index (κ3) is 3.28. The number of benzene rings is 1. The van der Waals surface area contributed by atoms with Crippen LogP contribution in [0.15, 0.2) is 23.1 Å². The summed E-state index contributed by atoms with van der Waals surface area (Å²) in [4.78, 5) is 28.7. The molecule has 0 unspecified atom stereocenters. The molecule has 0 atom stereocenters. The van der Waals surface area contributed by atoms with Crippen LogP contribution in [0.25, 0.3) is 0 Å². The van der Waals surface area contributed by atoms with Crippen molar-refractivity contribution < 1.29 is 14.5 Å². The van der Waals surface area contributed by atoms with Crippen molar-refractivity contribution in [2.75, 3.05) is 43.8 Å². The van der Waals surface area contributed by atoms with Gasteiger partial charge in [0.15, 0.2) is 0 Å². The molecule has 6 heteroatoms.